The van der Waals surface area contributed by atoms with Gasteiger partial charge in [-0.05, 0) is 82.4 Å². The zero-order chi connectivity index (χ0) is 46.5. The summed E-state index contributed by atoms with van der Waals surface area (Å²) in [6.45, 7) is 0. The van der Waals surface area contributed by atoms with Crippen LogP contribution in [0.3, 0.4) is 0 Å². The Kier molecular flexibility index (Phi) is 17.3. The predicted octanol–water partition coefficient (Wildman–Crippen LogP) is 15.0. The van der Waals surface area contributed by atoms with E-state index in [1.54, 1.807) is 24.3 Å². The van der Waals surface area contributed by atoms with E-state index in [4.69, 9.17) is 73.0 Å². The van der Waals surface area contributed by atoms with E-state index in [0.29, 0.717) is 31.4 Å². The van der Waals surface area contributed by atoms with E-state index >= 15 is 0 Å². The summed E-state index contributed by atoms with van der Waals surface area (Å²) in [5, 5.41) is 10.9. The average Bonchev–Trinajstić information content (AvgIpc) is 3.37. The van der Waals surface area contributed by atoms with Crippen LogP contribution < -0.4 is 5.46 Å². The Balaban J connectivity index is 0.000000169. The first-order valence-electron chi connectivity index (χ1n) is 20.9. The summed E-state index contributed by atoms with van der Waals surface area (Å²) in [5.74, 6) is 0.581. The molecule has 10 aromatic rings. The second-order valence-electron chi connectivity index (χ2n) is 15.0. The van der Waals surface area contributed by atoms with E-state index in [1.807, 2.05) is 121 Å². The minimum absolute atomic E-state index is 0. The van der Waals surface area contributed by atoms with Gasteiger partial charge in [-0.1, -0.05) is 222 Å². The Hall–Kier alpha value is -6.65. The third kappa shape index (κ3) is 13.3. The lowest BCUT2D eigenvalue weighted by atomic mass is 9.89. The van der Waals surface area contributed by atoms with Crippen molar-refractivity contribution in [2.24, 2.45) is 0 Å². The van der Waals surface area contributed by atoms with Gasteiger partial charge in [0.2, 0.25) is 5.28 Å². The van der Waals surface area contributed by atoms with E-state index in [9.17, 15) is 0 Å². The topological polar surface area (TPSA) is 103 Å². The zero-order valence-corrected chi connectivity index (χ0v) is 39.8. The highest BCUT2D eigenvalue weighted by atomic mass is 35.5. The Bertz CT molecular complexity index is 3170. The van der Waals surface area contributed by atoms with Gasteiger partial charge in [-0.15, -0.1) is 0 Å². The van der Waals surface area contributed by atoms with Crippen LogP contribution in [0.25, 0.3) is 78.7 Å². The Morgan fingerprint density at radius 3 is 0.926 bits per heavy atom. The Labute approximate surface area is 421 Å². The van der Waals surface area contributed by atoms with Gasteiger partial charge in [0.05, 0.1) is 22.8 Å². The number of hydrogen-bond donors (Lipinski definition) is 1. The van der Waals surface area contributed by atoms with Crippen molar-refractivity contribution in [3.05, 3.63) is 244 Å². The largest absolute Gasteiger partial charge is 0.450 e. The predicted molar refractivity (Wildman–Crippen MR) is 285 cm³/mol. The lowest BCUT2D eigenvalue weighted by Gasteiger charge is -2.10. The summed E-state index contributed by atoms with van der Waals surface area (Å²) in [7, 11) is 0.956. The fraction of sp³-hybridized carbons (Fsp3) is 0. The molecule has 0 bridgehead atoms. The van der Waals surface area contributed by atoms with Gasteiger partial charge in [-0.25, -0.2) is 19.9 Å². The van der Waals surface area contributed by atoms with E-state index in [2.05, 4.69) is 82.8 Å². The van der Waals surface area contributed by atoms with Crippen LogP contribution in [0.5, 0.6) is 0 Å². The molecule has 0 fully saturated rings. The fourth-order valence-electron chi connectivity index (χ4n) is 7.06. The summed E-state index contributed by atoms with van der Waals surface area (Å²) in [6, 6.07) is 71.6. The molecule has 0 amide bonds. The third-order valence-corrected chi connectivity index (χ3v) is 11.3. The van der Waals surface area contributed by atoms with E-state index in [0.717, 1.165) is 63.6 Å². The highest BCUT2D eigenvalue weighted by molar-refractivity contribution is 6.47. The standard InChI is InChI=1S/C28H18Cl2N2.C22H15ClN2.C6H4BCl2O.H2O/c29-24-15-23(16-25(30)17-24)28-31-26(21-9-5-2-6-10-21)18-27(32-28)22-13-11-20(12-14-22)19-7-3-1-4-8-19;23-22-24-20(18-9-5-2-6-10-18)15-21(25-22)19-13-11-17(12-14-19)16-7-3-1-4-8-16;8-5-1-4(7-10)2-6(9)3-5;/h1-18H;1-15H;1-3,10H;1H2. The Morgan fingerprint density at radius 2 is 0.574 bits per heavy atom. The molecule has 0 spiro atoms. The van der Waals surface area contributed by atoms with Crippen LogP contribution >= 0.6 is 58.0 Å². The summed E-state index contributed by atoms with van der Waals surface area (Å²) >= 11 is 29.9. The number of aromatic nitrogens is 4. The molecule has 0 aliphatic rings. The molecular formula is C56H39BCl5N4O2. The summed E-state index contributed by atoms with van der Waals surface area (Å²) in [6.07, 6.45) is 0. The van der Waals surface area contributed by atoms with Gasteiger partial charge in [0.25, 0.3) is 0 Å². The lowest BCUT2D eigenvalue weighted by molar-refractivity contribution is 0.615. The second-order valence-corrected chi connectivity index (χ2v) is 17.1. The molecular weight excluding hydrogens is 949 g/mol. The summed E-state index contributed by atoms with van der Waals surface area (Å²) in [5.41, 5.74) is 13.5. The minimum atomic E-state index is 0. The molecule has 0 aliphatic heterocycles. The van der Waals surface area contributed by atoms with Crippen molar-refractivity contribution < 1.29 is 10.5 Å². The van der Waals surface area contributed by atoms with E-state index < -0.39 is 0 Å². The maximum atomic E-state index is 8.54. The highest BCUT2D eigenvalue weighted by Gasteiger charge is 2.13. The lowest BCUT2D eigenvalue weighted by Crippen LogP contribution is -2.12. The van der Waals surface area contributed by atoms with Crippen LogP contribution in [-0.2, 0) is 0 Å². The molecule has 0 atom stereocenters. The smallest absolute Gasteiger partial charge is 0.326 e. The van der Waals surface area contributed by atoms with Crippen molar-refractivity contribution in [2.75, 3.05) is 0 Å². The van der Waals surface area contributed by atoms with Crippen molar-refractivity contribution >= 4 is 70.9 Å². The molecule has 2 heterocycles. The fourth-order valence-corrected chi connectivity index (χ4v) is 8.32. The summed E-state index contributed by atoms with van der Waals surface area (Å²) < 4.78 is 0. The third-order valence-electron chi connectivity index (χ3n) is 10.3. The molecule has 12 heteroatoms. The molecule has 333 valence electrons. The highest BCUT2D eigenvalue weighted by Crippen LogP contribution is 2.32. The van der Waals surface area contributed by atoms with Crippen molar-refractivity contribution in [2.45, 2.75) is 0 Å². The maximum absolute atomic E-state index is 8.54. The molecule has 68 heavy (non-hydrogen) atoms. The average molecular weight is 988 g/mol. The first-order chi connectivity index (χ1) is 32.7. The van der Waals surface area contributed by atoms with Gasteiger partial charge in [-0.3, -0.25) is 0 Å². The number of nitrogens with zero attached hydrogens (tertiary/aromatic N) is 4. The van der Waals surface area contributed by atoms with Gasteiger partial charge in [-0.2, -0.15) is 0 Å². The van der Waals surface area contributed by atoms with Crippen LogP contribution in [-0.4, -0.2) is 37.9 Å². The van der Waals surface area contributed by atoms with Crippen molar-refractivity contribution in [3.63, 3.8) is 0 Å². The molecule has 0 saturated carbocycles. The molecule has 0 unspecified atom stereocenters. The number of halogens is 5. The Morgan fingerprint density at radius 1 is 0.294 bits per heavy atom. The van der Waals surface area contributed by atoms with Gasteiger partial charge in [0, 0.05) is 47.9 Å². The van der Waals surface area contributed by atoms with Crippen LogP contribution in [0.1, 0.15) is 0 Å². The van der Waals surface area contributed by atoms with Gasteiger partial charge < -0.3 is 10.5 Å². The molecule has 6 nitrogen and oxygen atoms in total. The summed E-state index contributed by atoms with van der Waals surface area (Å²) in [4.78, 5) is 18.4. The monoisotopic (exact) mass is 985 g/mol. The second kappa shape index (κ2) is 23.9. The number of hydrogen-bond acceptors (Lipinski definition) is 5. The quantitative estimate of drug-likeness (QED) is 0.121. The molecule has 2 aromatic heterocycles. The maximum Gasteiger partial charge on any atom is 0.326 e. The van der Waals surface area contributed by atoms with Crippen LogP contribution in [0.4, 0.5) is 0 Å². The van der Waals surface area contributed by atoms with Crippen LogP contribution in [0, 0.1) is 0 Å². The SMILES string of the molecule is Clc1cc(Cl)cc(-c2nc(-c3ccccc3)cc(-c3ccc(-c4ccccc4)cc3)n2)c1.Clc1nc(-c2ccccc2)cc(-c2ccc(-c3ccccc3)cc2)n1.O.O[B]c1cc(Cl)cc(Cl)c1. The van der Waals surface area contributed by atoms with Crippen molar-refractivity contribution in [1.82, 2.24) is 19.9 Å². The first-order valence-corrected chi connectivity index (χ1v) is 22.8. The van der Waals surface area contributed by atoms with Gasteiger partial charge in [0.1, 0.15) is 0 Å². The molecule has 1 radical (unpaired) electrons. The zero-order valence-electron chi connectivity index (χ0n) is 36.0. The van der Waals surface area contributed by atoms with E-state index in [1.165, 1.54) is 16.7 Å². The molecule has 10 rings (SSSR count). The van der Waals surface area contributed by atoms with Gasteiger partial charge >= 0.3 is 7.48 Å². The minimum Gasteiger partial charge on any atom is -0.450 e. The molecule has 0 saturated heterocycles. The molecule has 3 N–H and O–H groups in total. The van der Waals surface area contributed by atoms with Crippen LogP contribution in [0.15, 0.2) is 218 Å². The number of benzene rings is 8. The molecule has 0 aliphatic carbocycles. The van der Waals surface area contributed by atoms with E-state index in [-0.39, 0.29) is 10.8 Å². The van der Waals surface area contributed by atoms with Crippen molar-refractivity contribution in [3.8, 4) is 78.7 Å². The normalized spacial score (nSPS) is 10.4. The van der Waals surface area contributed by atoms with Crippen molar-refractivity contribution in [1.29, 1.82) is 0 Å². The first kappa shape index (κ1) is 49.3. The van der Waals surface area contributed by atoms with Crippen LogP contribution in [0.2, 0.25) is 25.4 Å². The molecule has 8 aromatic carbocycles. The van der Waals surface area contributed by atoms with Gasteiger partial charge in [0.15, 0.2) is 5.82 Å². The number of rotatable bonds is 8.